The molecule has 280 valence electrons. The molecule has 0 aromatic carbocycles. The van der Waals surface area contributed by atoms with Gasteiger partial charge in [-0.15, -0.1) is 0 Å². The van der Waals surface area contributed by atoms with Crippen LogP contribution in [0.2, 0.25) is 0 Å². The first-order valence-corrected chi connectivity index (χ1v) is 20.8. The van der Waals surface area contributed by atoms with Crippen molar-refractivity contribution in [3.05, 3.63) is 0 Å². The van der Waals surface area contributed by atoms with Crippen LogP contribution >= 0.6 is 7.82 Å². The molecule has 2 atom stereocenters. The Kier molecular flexibility index (Phi) is 30.4. The first kappa shape index (κ1) is 46.0. The van der Waals surface area contributed by atoms with E-state index >= 15 is 0 Å². The van der Waals surface area contributed by atoms with Gasteiger partial charge in [0.25, 0.3) is 0 Å². The van der Waals surface area contributed by atoms with Crippen LogP contribution in [0.15, 0.2) is 0 Å². The van der Waals surface area contributed by atoms with Crippen molar-refractivity contribution in [2.24, 2.45) is 0 Å². The molecule has 0 amide bonds. The molecule has 0 aromatic heterocycles. The van der Waals surface area contributed by atoms with Gasteiger partial charge in [-0.05, 0) is 12.8 Å². The number of unbranched alkanes of at least 4 members (excludes halogenated alkanes) is 21. The van der Waals surface area contributed by atoms with E-state index in [-0.39, 0.29) is 25.6 Å². The Morgan fingerprint density at radius 3 is 1.36 bits per heavy atom. The second-order valence-corrected chi connectivity index (χ2v) is 15.8. The highest BCUT2D eigenvalue weighted by Crippen LogP contribution is 2.43. The lowest BCUT2D eigenvalue weighted by molar-refractivity contribution is -0.870. The minimum atomic E-state index is -4.35. The Labute approximate surface area is 289 Å². The normalized spacial score (nSPS) is 13.7. The van der Waals surface area contributed by atoms with Crippen LogP contribution in [-0.2, 0) is 32.7 Å². The Morgan fingerprint density at radius 1 is 0.574 bits per heavy atom. The van der Waals surface area contributed by atoms with E-state index in [2.05, 4.69) is 13.8 Å². The Bertz CT molecular complexity index is 789. The van der Waals surface area contributed by atoms with Crippen LogP contribution in [0.25, 0.3) is 0 Å². The summed E-state index contributed by atoms with van der Waals surface area (Å²) >= 11 is 0. The van der Waals surface area contributed by atoms with E-state index in [0.717, 1.165) is 38.5 Å². The summed E-state index contributed by atoms with van der Waals surface area (Å²) in [7, 11) is 1.49. The lowest BCUT2D eigenvalue weighted by Crippen LogP contribution is -2.37. The number of phosphoric ester groups is 1. The van der Waals surface area contributed by atoms with Crippen LogP contribution in [-0.4, -0.2) is 74.9 Å². The van der Waals surface area contributed by atoms with Crippen molar-refractivity contribution in [2.75, 3.05) is 47.5 Å². The third-order valence-electron chi connectivity index (χ3n) is 8.39. The van der Waals surface area contributed by atoms with Crippen molar-refractivity contribution >= 4 is 19.8 Å². The summed E-state index contributed by atoms with van der Waals surface area (Å²) in [5.74, 6) is -0.797. The lowest BCUT2D eigenvalue weighted by atomic mass is 10.0. The number of quaternary nitrogens is 1. The Hall–Kier alpha value is -0.990. The van der Waals surface area contributed by atoms with Crippen LogP contribution < -0.4 is 0 Å². The smallest absolute Gasteiger partial charge is 0.462 e. The molecule has 0 heterocycles. The zero-order valence-corrected chi connectivity index (χ0v) is 32.2. The van der Waals surface area contributed by atoms with Crippen molar-refractivity contribution in [2.45, 2.75) is 180 Å². The third-order valence-corrected chi connectivity index (χ3v) is 9.37. The number of carbonyl (C=O) groups excluding carboxylic acids is 2. The highest BCUT2D eigenvalue weighted by Gasteiger charge is 2.27. The van der Waals surface area contributed by atoms with E-state index in [0.29, 0.717) is 23.9 Å². The standard InChI is InChI=1S/C37H74NO8P/c1-6-8-10-12-14-15-16-17-18-19-20-21-22-24-25-27-29-36(39)43-33-35(34-45-47(41,42)44-32-31-38(3,4)5)46-37(40)30-28-26-23-13-11-9-7-2/h35H,6-34H2,1-5H3/p+1. The molecule has 0 aliphatic heterocycles. The molecule has 2 unspecified atom stereocenters. The molecule has 0 bridgehead atoms. The molecule has 0 saturated heterocycles. The van der Waals surface area contributed by atoms with E-state index in [4.69, 9.17) is 18.5 Å². The van der Waals surface area contributed by atoms with Gasteiger partial charge in [-0.1, -0.05) is 149 Å². The number of nitrogens with zero attached hydrogens (tertiary/aromatic N) is 1. The number of ether oxygens (including phenoxy) is 2. The first-order chi connectivity index (χ1) is 22.5. The maximum absolute atomic E-state index is 12.5. The van der Waals surface area contributed by atoms with E-state index < -0.39 is 26.5 Å². The van der Waals surface area contributed by atoms with Crippen LogP contribution in [0, 0.1) is 0 Å². The minimum Gasteiger partial charge on any atom is -0.462 e. The molecule has 0 fully saturated rings. The predicted molar refractivity (Wildman–Crippen MR) is 192 cm³/mol. The highest BCUT2D eigenvalue weighted by molar-refractivity contribution is 7.47. The largest absolute Gasteiger partial charge is 0.472 e. The van der Waals surface area contributed by atoms with Crippen molar-refractivity contribution in [3.63, 3.8) is 0 Å². The number of hydrogen-bond donors (Lipinski definition) is 1. The summed E-state index contributed by atoms with van der Waals surface area (Å²) in [5, 5.41) is 0. The quantitative estimate of drug-likeness (QED) is 0.0303. The van der Waals surface area contributed by atoms with Crippen LogP contribution in [0.4, 0.5) is 0 Å². The van der Waals surface area contributed by atoms with Gasteiger partial charge in [0.05, 0.1) is 27.7 Å². The molecular formula is C37H75NO8P+. The van der Waals surface area contributed by atoms with Gasteiger partial charge >= 0.3 is 19.8 Å². The number of hydrogen-bond acceptors (Lipinski definition) is 7. The molecule has 10 heteroatoms. The summed E-state index contributed by atoms with van der Waals surface area (Å²) in [6.45, 7) is 4.38. The third kappa shape index (κ3) is 34.7. The molecule has 9 nitrogen and oxygen atoms in total. The van der Waals surface area contributed by atoms with E-state index in [1.54, 1.807) is 0 Å². The highest BCUT2D eigenvalue weighted by atomic mass is 31.2. The number of phosphoric acid groups is 1. The van der Waals surface area contributed by atoms with Gasteiger partial charge in [0.1, 0.15) is 19.8 Å². The van der Waals surface area contributed by atoms with Gasteiger partial charge in [0, 0.05) is 12.8 Å². The van der Waals surface area contributed by atoms with Gasteiger partial charge in [-0.2, -0.15) is 0 Å². The van der Waals surface area contributed by atoms with Gasteiger partial charge in [0.2, 0.25) is 0 Å². The van der Waals surface area contributed by atoms with Gasteiger partial charge in [0.15, 0.2) is 6.10 Å². The fourth-order valence-electron chi connectivity index (χ4n) is 5.31. The van der Waals surface area contributed by atoms with Crippen LogP contribution in [0.5, 0.6) is 0 Å². The van der Waals surface area contributed by atoms with Crippen LogP contribution in [0.1, 0.15) is 174 Å². The van der Waals surface area contributed by atoms with Crippen molar-refractivity contribution in [1.82, 2.24) is 0 Å². The molecule has 0 aliphatic rings. The molecule has 0 radical (unpaired) electrons. The lowest BCUT2D eigenvalue weighted by Gasteiger charge is -2.24. The van der Waals surface area contributed by atoms with E-state index in [1.165, 1.54) is 103 Å². The average Bonchev–Trinajstić information content (AvgIpc) is 3.01. The molecule has 0 aliphatic carbocycles. The van der Waals surface area contributed by atoms with Crippen LogP contribution in [0.3, 0.4) is 0 Å². The van der Waals surface area contributed by atoms with Crippen molar-refractivity contribution in [3.8, 4) is 0 Å². The predicted octanol–water partition coefficient (Wildman–Crippen LogP) is 10.1. The summed E-state index contributed by atoms with van der Waals surface area (Å²) in [6, 6.07) is 0. The topological polar surface area (TPSA) is 108 Å². The molecule has 0 aromatic rings. The summed E-state index contributed by atoms with van der Waals surface area (Å²) in [6.07, 6.45) is 27.4. The fourth-order valence-corrected chi connectivity index (χ4v) is 6.05. The molecule has 0 spiro atoms. The maximum Gasteiger partial charge on any atom is 0.472 e. The summed E-state index contributed by atoms with van der Waals surface area (Å²) in [5.41, 5.74) is 0. The zero-order valence-electron chi connectivity index (χ0n) is 31.3. The molecule has 1 N–H and O–H groups in total. The molecule has 47 heavy (non-hydrogen) atoms. The molecule has 0 rings (SSSR count). The second-order valence-electron chi connectivity index (χ2n) is 14.3. The number of likely N-dealkylation sites (N-methyl/N-ethyl adjacent to an activating group) is 1. The zero-order chi connectivity index (χ0) is 35.1. The Morgan fingerprint density at radius 2 is 0.957 bits per heavy atom. The average molecular weight is 693 g/mol. The SMILES string of the molecule is CCCCCCCCCCCCCCCCCCC(=O)OCC(COP(=O)(O)OCC[N+](C)(C)C)OC(=O)CCCCCCCCC. The monoisotopic (exact) mass is 693 g/mol. The number of esters is 2. The fraction of sp³-hybridized carbons (Fsp3) is 0.946. The molecule has 0 saturated carbocycles. The van der Waals surface area contributed by atoms with Gasteiger partial charge < -0.3 is 18.9 Å². The van der Waals surface area contributed by atoms with E-state index in [9.17, 15) is 19.0 Å². The van der Waals surface area contributed by atoms with Crippen molar-refractivity contribution < 1.29 is 42.1 Å². The summed E-state index contributed by atoms with van der Waals surface area (Å²) < 4.78 is 34.0. The van der Waals surface area contributed by atoms with Crippen molar-refractivity contribution in [1.29, 1.82) is 0 Å². The van der Waals surface area contributed by atoms with E-state index in [1.807, 2.05) is 21.1 Å². The second kappa shape index (κ2) is 31.0. The number of rotatable bonds is 35. The molecular weight excluding hydrogens is 617 g/mol. The first-order valence-electron chi connectivity index (χ1n) is 19.3. The van der Waals surface area contributed by atoms with Gasteiger partial charge in [-0.3, -0.25) is 18.6 Å². The minimum absolute atomic E-state index is 0.0360. The summed E-state index contributed by atoms with van der Waals surface area (Å²) in [4.78, 5) is 35.0. The number of carbonyl (C=O) groups is 2. The van der Waals surface area contributed by atoms with Gasteiger partial charge in [-0.25, -0.2) is 4.57 Å². The maximum atomic E-state index is 12.5. The Balaban J connectivity index is 4.27.